The smallest absolute Gasteiger partial charge is 0.106 e. The Morgan fingerprint density at radius 3 is 2.81 bits per heavy atom. The van der Waals surface area contributed by atoms with E-state index in [1.807, 2.05) is 0 Å². The molecule has 86 valence electrons. The number of thiocarbonyl (C=S) groups is 1. The van der Waals surface area contributed by atoms with Gasteiger partial charge in [-0.25, -0.2) is 0 Å². The zero-order valence-electron chi connectivity index (χ0n) is 9.53. The van der Waals surface area contributed by atoms with E-state index >= 15 is 0 Å². The van der Waals surface area contributed by atoms with Gasteiger partial charge in [-0.05, 0) is 19.8 Å². The molecule has 1 heterocycles. The standard InChI is InChI=1S/C13H17NOS/c1-10-4-6-11(7-5-10)13(16)14-9-12-3-2-8-15-12/h4-7,12H,2-3,8-9H2,1H3,(H,14,16). The van der Waals surface area contributed by atoms with Crippen LogP contribution < -0.4 is 5.32 Å². The third-order valence-electron chi connectivity index (χ3n) is 2.83. The molecular formula is C13H17NOS. The number of hydrogen-bond acceptors (Lipinski definition) is 2. The van der Waals surface area contributed by atoms with Gasteiger partial charge in [-0.2, -0.15) is 0 Å². The molecule has 0 aliphatic carbocycles. The van der Waals surface area contributed by atoms with E-state index in [-0.39, 0.29) is 0 Å². The van der Waals surface area contributed by atoms with E-state index in [9.17, 15) is 0 Å². The summed E-state index contributed by atoms with van der Waals surface area (Å²) in [5.74, 6) is 0. The van der Waals surface area contributed by atoms with E-state index in [0.29, 0.717) is 6.10 Å². The van der Waals surface area contributed by atoms with E-state index in [1.54, 1.807) is 0 Å². The van der Waals surface area contributed by atoms with Crippen LogP contribution >= 0.6 is 12.2 Å². The summed E-state index contributed by atoms with van der Waals surface area (Å²) in [6.45, 7) is 3.79. The van der Waals surface area contributed by atoms with E-state index in [2.05, 4.69) is 36.5 Å². The zero-order chi connectivity index (χ0) is 11.4. The highest BCUT2D eigenvalue weighted by atomic mass is 32.1. The number of rotatable bonds is 3. The quantitative estimate of drug-likeness (QED) is 0.813. The van der Waals surface area contributed by atoms with Crippen molar-refractivity contribution in [2.45, 2.75) is 25.9 Å². The van der Waals surface area contributed by atoms with E-state index < -0.39 is 0 Å². The summed E-state index contributed by atoms with van der Waals surface area (Å²) in [7, 11) is 0. The van der Waals surface area contributed by atoms with Crippen molar-refractivity contribution in [2.75, 3.05) is 13.2 Å². The first-order valence-electron chi connectivity index (χ1n) is 5.72. The first-order chi connectivity index (χ1) is 7.75. The molecule has 2 nitrogen and oxygen atoms in total. The Morgan fingerprint density at radius 1 is 1.44 bits per heavy atom. The molecule has 1 aromatic carbocycles. The van der Waals surface area contributed by atoms with Crippen LogP contribution in [0.3, 0.4) is 0 Å². The van der Waals surface area contributed by atoms with Gasteiger partial charge >= 0.3 is 0 Å². The van der Waals surface area contributed by atoms with Crippen LogP contribution in [0.1, 0.15) is 24.0 Å². The van der Waals surface area contributed by atoms with Gasteiger partial charge in [0.05, 0.1) is 6.10 Å². The van der Waals surface area contributed by atoms with Crippen molar-refractivity contribution in [1.29, 1.82) is 0 Å². The lowest BCUT2D eigenvalue weighted by molar-refractivity contribution is 0.114. The van der Waals surface area contributed by atoms with Crippen molar-refractivity contribution in [3.63, 3.8) is 0 Å². The maximum Gasteiger partial charge on any atom is 0.106 e. The normalized spacial score (nSPS) is 19.7. The van der Waals surface area contributed by atoms with Crippen molar-refractivity contribution < 1.29 is 4.74 Å². The van der Waals surface area contributed by atoms with Gasteiger partial charge in [0.2, 0.25) is 0 Å². The van der Waals surface area contributed by atoms with Gasteiger partial charge in [0, 0.05) is 18.7 Å². The summed E-state index contributed by atoms with van der Waals surface area (Å²) in [6.07, 6.45) is 2.65. The van der Waals surface area contributed by atoms with Gasteiger partial charge in [-0.3, -0.25) is 0 Å². The Bertz CT molecular complexity index is 355. The topological polar surface area (TPSA) is 21.3 Å². The second-order valence-corrected chi connectivity index (χ2v) is 4.62. The van der Waals surface area contributed by atoms with Crippen molar-refractivity contribution in [2.24, 2.45) is 0 Å². The highest BCUT2D eigenvalue weighted by Crippen LogP contribution is 2.11. The van der Waals surface area contributed by atoms with Crippen molar-refractivity contribution in [1.82, 2.24) is 5.32 Å². The van der Waals surface area contributed by atoms with Crippen LogP contribution in [-0.4, -0.2) is 24.2 Å². The summed E-state index contributed by atoms with van der Waals surface area (Å²) in [5, 5.41) is 3.27. The Balaban J connectivity index is 1.85. The predicted octanol–water partition coefficient (Wildman–Crippen LogP) is 2.44. The summed E-state index contributed by atoms with van der Waals surface area (Å²) in [6, 6.07) is 8.27. The second-order valence-electron chi connectivity index (χ2n) is 4.21. The second kappa shape index (κ2) is 5.41. The lowest BCUT2D eigenvalue weighted by Crippen LogP contribution is -2.31. The molecule has 0 radical (unpaired) electrons. The molecule has 0 aromatic heterocycles. The monoisotopic (exact) mass is 235 g/mol. The Hall–Kier alpha value is -0.930. The van der Waals surface area contributed by atoms with Crippen molar-refractivity contribution in [3.05, 3.63) is 35.4 Å². The summed E-state index contributed by atoms with van der Waals surface area (Å²) < 4.78 is 5.54. The molecule has 2 rings (SSSR count). The molecule has 0 spiro atoms. The molecular weight excluding hydrogens is 218 g/mol. The average Bonchev–Trinajstić information content (AvgIpc) is 2.80. The minimum atomic E-state index is 0.336. The number of aryl methyl sites for hydroxylation is 1. The summed E-state index contributed by atoms with van der Waals surface area (Å²) >= 11 is 5.33. The molecule has 0 bridgehead atoms. The molecule has 1 saturated heterocycles. The van der Waals surface area contributed by atoms with Gasteiger partial charge in [0.25, 0.3) is 0 Å². The molecule has 1 N–H and O–H groups in total. The molecule has 16 heavy (non-hydrogen) atoms. The number of nitrogens with one attached hydrogen (secondary N) is 1. The van der Waals surface area contributed by atoms with Crippen molar-refractivity contribution >= 4 is 17.2 Å². The molecule has 0 amide bonds. The number of benzene rings is 1. The van der Waals surface area contributed by atoms with Gasteiger partial charge in [-0.1, -0.05) is 42.0 Å². The van der Waals surface area contributed by atoms with E-state index in [4.69, 9.17) is 17.0 Å². The lowest BCUT2D eigenvalue weighted by Gasteiger charge is -2.12. The molecule has 1 fully saturated rings. The third-order valence-corrected chi connectivity index (χ3v) is 3.21. The minimum absolute atomic E-state index is 0.336. The van der Waals surface area contributed by atoms with Gasteiger partial charge in [0.15, 0.2) is 0 Å². The Labute approximate surface area is 102 Å². The van der Waals surface area contributed by atoms with Crippen LogP contribution in [0.25, 0.3) is 0 Å². The fourth-order valence-electron chi connectivity index (χ4n) is 1.82. The third kappa shape index (κ3) is 3.03. The van der Waals surface area contributed by atoms with E-state index in [0.717, 1.165) is 30.1 Å². The summed E-state index contributed by atoms with van der Waals surface area (Å²) in [5.41, 5.74) is 2.34. The first-order valence-corrected chi connectivity index (χ1v) is 6.13. The fraction of sp³-hybridized carbons (Fsp3) is 0.462. The maximum absolute atomic E-state index is 5.54. The number of hydrogen-bond donors (Lipinski definition) is 1. The van der Waals surface area contributed by atoms with Crippen molar-refractivity contribution in [3.8, 4) is 0 Å². The molecule has 0 saturated carbocycles. The SMILES string of the molecule is Cc1ccc(C(=S)NCC2CCCO2)cc1. The predicted molar refractivity (Wildman–Crippen MR) is 69.9 cm³/mol. The average molecular weight is 235 g/mol. The Morgan fingerprint density at radius 2 is 2.19 bits per heavy atom. The molecule has 1 atom stereocenters. The van der Waals surface area contributed by atoms with Crippen LogP contribution in [0.5, 0.6) is 0 Å². The van der Waals surface area contributed by atoms with Crippen LogP contribution in [-0.2, 0) is 4.74 Å². The highest BCUT2D eigenvalue weighted by molar-refractivity contribution is 7.80. The Kier molecular flexibility index (Phi) is 3.91. The van der Waals surface area contributed by atoms with Crippen LogP contribution in [0.15, 0.2) is 24.3 Å². The van der Waals surface area contributed by atoms with Crippen LogP contribution in [0.2, 0.25) is 0 Å². The first kappa shape index (κ1) is 11.6. The van der Waals surface area contributed by atoms with Crippen LogP contribution in [0.4, 0.5) is 0 Å². The molecule has 1 aliphatic heterocycles. The van der Waals surface area contributed by atoms with E-state index in [1.165, 1.54) is 12.0 Å². The fourth-order valence-corrected chi connectivity index (χ4v) is 2.04. The van der Waals surface area contributed by atoms with Crippen LogP contribution in [0, 0.1) is 6.92 Å². The zero-order valence-corrected chi connectivity index (χ0v) is 10.3. The molecule has 1 aliphatic rings. The van der Waals surface area contributed by atoms with Gasteiger partial charge in [-0.15, -0.1) is 0 Å². The van der Waals surface area contributed by atoms with Gasteiger partial charge in [0.1, 0.15) is 4.99 Å². The molecule has 1 aromatic rings. The highest BCUT2D eigenvalue weighted by Gasteiger charge is 2.15. The molecule has 1 unspecified atom stereocenters. The van der Waals surface area contributed by atoms with Gasteiger partial charge < -0.3 is 10.1 Å². The summed E-state index contributed by atoms with van der Waals surface area (Å²) in [4.78, 5) is 0.815. The largest absolute Gasteiger partial charge is 0.376 e. The molecule has 3 heteroatoms. The lowest BCUT2D eigenvalue weighted by atomic mass is 10.1. The maximum atomic E-state index is 5.54. The number of ether oxygens (including phenoxy) is 1. The minimum Gasteiger partial charge on any atom is -0.376 e.